The first kappa shape index (κ1) is 37.9. The van der Waals surface area contributed by atoms with Crippen LogP contribution in [0.1, 0.15) is 93.7 Å². The Bertz CT molecular complexity index is 1540. The van der Waals surface area contributed by atoms with Gasteiger partial charge in [0.05, 0.1) is 30.1 Å². The zero-order valence-corrected chi connectivity index (χ0v) is 31.5. The lowest BCUT2D eigenvalue weighted by atomic mass is 9.56. The van der Waals surface area contributed by atoms with Crippen LogP contribution in [-0.2, 0) is 14.3 Å². The molecule has 0 bridgehead atoms. The molecule has 2 aromatic carbocycles. The summed E-state index contributed by atoms with van der Waals surface area (Å²) in [6.07, 6.45) is 12.7. The van der Waals surface area contributed by atoms with E-state index in [0.29, 0.717) is 19.6 Å². The average Bonchev–Trinajstić information content (AvgIpc) is 3.14. The number of unbranched alkanes of at least 4 members (excludes halogenated alkanes) is 2. The fraction of sp³-hybridized carbons (Fsp3) is 0.595. The van der Waals surface area contributed by atoms with E-state index in [1.54, 1.807) is 0 Å². The minimum atomic E-state index is -0.958. The van der Waals surface area contributed by atoms with Gasteiger partial charge in [0.1, 0.15) is 17.2 Å². The van der Waals surface area contributed by atoms with E-state index >= 15 is 0 Å². The third kappa shape index (κ3) is 8.38. The Morgan fingerprint density at radius 1 is 1.00 bits per heavy atom. The molecule has 0 amide bonds. The van der Waals surface area contributed by atoms with Gasteiger partial charge in [-0.2, -0.15) is 11.8 Å². The number of fused-ring (bicyclic) bond motifs is 2. The van der Waals surface area contributed by atoms with Gasteiger partial charge in [0, 0.05) is 37.5 Å². The zero-order chi connectivity index (χ0) is 35.8. The number of aryl methyl sites for hydroxylation is 2. The van der Waals surface area contributed by atoms with Gasteiger partial charge in [-0.15, -0.1) is 6.58 Å². The highest BCUT2D eigenvalue weighted by atomic mass is 32.2. The molecule has 2 fully saturated rings. The molecule has 1 saturated heterocycles. The number of oxime groups is 1. The molecule has 278 valence electrons. The number of hydrogen-bond acceptors (Lipinski definition) is 9. The molecule has 8 nitrogen and oxygen atoms in total. The van der Waals surface area contributed by atoms with Gasteiger partial charge in [-0.1, -0.05) is 43.1 Å². The summed E-state index contributed by atoms with van der Waals surface area (Å²) >= 11 is 1.85. The summed E-state index contributed by atoms with van der Waals surface area (Å²) in [5, 5.41) is 24.5. The number of benzene rings is 2. The molecule has 2 aromatic rings. The molecule has 4 aliphatic rings. The van der Waals surface area contributed by atoms with Gasteiger partial charge in [-0.3, -0.25) is 0 Å². The second kappa shape index (κ2) is 17.8. The Morgan fingerprint density at radius 3 is 2.51 bits per heavy atom. The van der Waals surface area contributed by atoms with E-state index in [1.165, 1.54) is 11.1 Å². The molecular weight excluding hydrogens is 663 g/mol. The monoisotopic (exact) mass is 719 g/mol. The van der Waals surface area contributed by atoms with Crippen molar-refractivity contribution in [3.05, 3.63) is 77.4 Å². The van der Waals surface area contributed by atoms with E-state index < -0.39 is 5.79 Å². The van der Waals surface area contributed by atoms with Crippen LogP contribution in [0.2, 0.25) is 0 Å². The van der Waals surface area contributed by atoms with Gasteiger partial charge in [0.25, 0.3) is 0 Å². The normalized spacial score (nSPS) is 29.0. The first-order chi connectivity index (χ1) is 24.9. The van der Waals surface area contributed by atoms with Crippen molar-refractivity contribution in [3.8, 4) is 17.2 Å². The van der Waals surface area contributed by atoms with Crippen LogP contribution < -0.4 is 9.47 Å². The highest BCUT2D eigenvalue weighted by molar-refractivity contribution is 8.00. The first-order valence-electron chi connectivity index (χ1n) is 19.1. The lowest BCUT2D eigenvalue weighted by molar-refractivity contribution is -0.223. The van der Waals surface area contributed by atoms with Gasteiger partial charge < -0.3 is 34.0 Å². The van der Waals surface area contributed by atoms with Crippen molar-refractivity contribution in [2.45, 2.75) is 108 Å². The number of ether oxygens (including phenoxy) is 4. The highest BCUT2D eigenvalue weighted by Gasteiger charge is 2.63. The summed E-state index contributed by atoms with van der Waals surface area (Å²) in [5.41, 5.74) is 5.60. The summed E-state index contributed by atoms with van der Waals surface area (Å²) in [5.74, 6) is 2.66. The van der Waals surface area contributed by atoms with E-state index in [2.05, 4.69) is 57.7 Å². The SMILES string of the molecule is C=CCO[C@@]12Oc3ccc(Oc4ccc(C)c(C)c4)cc3[C@H]3[C@H](CCCCO)[C@@H](CCCCO)C=C(C(=NOC4CCCCO4)C[C@@H]1SCC)[C@H]32. The third-order valence-electron chi connectivity index (χ3n) is 11.1. The number of allylic oxidation sites excluding steroid dienone is 1. The topological polar surface area (TPSA) is 99.0 Å². The van der Waals surface area contributed by atoms with E-state index in [9.17, 15) is 10.2 Å². The van der Waals surface area contributed by atoms with Crippen LogP contribution in [0, 0.1) is 31.6 Å². The minimum Gasteiger partial charge on any atom is -0.460 e. The van der Waals surface area contributed by atoms with Crippen molar-refractivity contribution < 1.29 is 34.0 Å². The number of hydrogen-bond donors (Lipinski definition) is 2. The van der Waals surface area contributed by atoms with Crippen molar-refractivity contribution in [3.63, 3.8) is 0 Å². The second-order valence-electron chi connectivity index (χ2n) is 14.5. The van der Waals surface area contributed by atoms with Crippen LogP contribution in [0.5, 0.6) is 17.2 Å². The fourth-order valence-electron chi connectivity index (χ4n) is 8.57. The molecule has 2 aliphatic carbocycles. The van der Waals surface area contributed by atoms with Crippen molar-refractivity contribution in [2.75, 3.05) is 32.2 Å². The molecule has 6 rings (SSSR count). The molecule has 1 unspecified atom stereocenters. The van der Waals surface area contributed by atoms with Crippen molar-refractivity contribution >= 4 is 17.5 Å². The molecule has 2 aliphatic heterocycles. The Morgan fingerprint density at radius 2 is 1.78 bits per heavy atom. The quantitative estimate of drug-likeness (QED) is 0.0950. The standard InChI is InChI=1S/C42H57NO7S/c1-5-22-47-42-38(51-6-2)27-36(43-50-39-15-9-12-23-46-39)34-25-30(13-7-10-20-44)33(14-8-11-21-45)40(41(34)42)35-26-32(18-19-37(35)49-42)48-31-17-16-28(3)29(4)24-31/h5,16-19,24-26,30,33,38-41,44-45H,1,6-15,20-23,27H2,2-4H3/t30-,33+,38-,39?,40+,41+,42+/m0/s1. The molecule has 2 heterocycles. The zero-order valence-electron chi connectivity index (χ0n) is 30.7. The molecule has 0 spiro atoms. The van der Waals surface area contributed by atoms with Gasteiger partial charge in [-0.25, -0.2) is 0 Å². The van der Waals surface area contributed by atoms with Crippen molar-refractivity contribution in [2.24, 2.45) is 22.9 Å². The van der Waals surface area contributed by atoms with Crippen LogP contribution in [0.25, 0.3) is 0 Å². The second-order valence-corrected chi connectivity index (χ2v) is 15.9. The summed E-state index contributed by atoms with van der Waals surface area (Å²) in [4.78, 5) is 6.18. The molecular formula is C42H57NO7S. The molecule has 0 aromatic heterocycles. The van der Waals surface area contributed by atoms with Gasteiger partial charge in [-0.05, 0) is 117 Å². The van der Waals surface area contributed by atoms with Gasteiger partial charge in [0.2, 0.25) is 12.1 Å². The molecule has 0 radical (unpaired) electrons. The maximum Gasteiger partial charge on any atom is 0.230 e. The van der Waals surface area contributed by atoms with Gasteiger partial charge in [0.15, 0.2) is 0 Å². The van der Waals surface area contributed by atoms with Crippen molar-refractivity contribution in [1.82, 2.24) is 0 Å². The van der Waals surface area contributed by atoms with Crippen LogP contribution in [0.4, 0.5) is 0 Å². The predicted octanol–water partition coefficient (Wildman–Crippen LogP) is 9.01. The number of thioether (sulfide) groups is 1. The van der Waals surface area contributed by atoms with Crippen LogP contribution in [0.3, 0.4) is 0 Å². The Kier molecular flexibility index (Phi) is 13.2. The summed E-state index contributed by atoms with van der Waals surface area (Å²) in [6, 6.07) is 12.4. The van der Waals surface area contributed by atoms with Crippen LogP contribution in [0.15, 0.2) is 65.9 Å². The third-order valence-corrected chi connectivity index (χ3v) is 12.4. The van der Waals surface area contributed by atoms with Gasteiger partial charge >= 0.3 is 0 Å². The summed E-state index contributed by atoms with van der Waals surface area (Å²) in [6.45, 7) is 11.8. The van der Waals surface area contributed by atoms with E-state index in [4.69, 9.17) is 28.9 Å². The molecule has 1 saturated carbocycles. The van der Waals surface area contributed by atoms with Crippen molar-refractivity contribution in [1.29, 1.82) is 0 Å². The number of nitrogens with zero attached hydrogens (tertiary/aromatic N) is 1. The molecule has 7 atom stereocenters. The fourth-order valence-corrected chi connectivity index (χ4v) is 9.74. The van der Waals surface area contributed by atoms with Crippen LogP contribution in [-0.4, -0.2) is 65.4 Å². The summed E-state index contributed by atoms with van der Waals surface area (Å²) in [7, 11) is 0. The van der Waals surface area contributed by atoms with E-state index in [0.717, 1.165) is 97.6 Å². The minimum absolute atomic E-state index is 0.0241. The maximum atomic E-state index is 9.85. The van der Waals surface area contributed by atoms with E-state index in [1.807, 2.05) is 30.0 Å². The lowest BCUT2D eigenvalue weighted by Gasteiger charge is -2.58. The molecule has 2 N–H and O–H groups in total. The Balaban J connectivity index is 1.51. The largest absolute Gasteiger partial charge is 0.460 e. The Hall–Kier alpha value is -2.82. The average molecular weight is 720 g/mol. The molecule has 9 heteroatoms. The smallest absolute Gasteiger partial charge is 0.230 e. The maximum absolute atomic E-state index is 9.85. The highest BCUT2D eigenvalue weighted by Crippen LogP contribution is 2.62. The first-order valence-corrected chi connectivity index (χ1v) is 20.2. The number of aliphatic hydroxyl groups excluding tert-OH is 2. The molecule has 51 heavy (non-hydrogen) atoms. The lowest BCUT2D eigenvalue weighted by Crippen LogP contribution is -2.64. The summed E-state index contributed by atoms with van der Waals surface area (Å²) < 4.78 is 26.7. The number of rotatable bonds is 17. The predicted molar refractivity (Wildman–Crippen MR) is 204 cm³/mol. The van der Waals surface area contributed by atoms with E-state index in [-0.39, 0.29) is 48.4 Å². The van der Waals surface area contributed by atoms with Crippen LogP contribution >= 0.6 is 11.8 Å². The number of aliphatic hydroxyl groups is 2. The Labute approximate surface area is 308 Å².